The summed E-state index contributed by atoms with van der Waals surface area (Å²) in [7, 11) is -4.70. The summed E-state index contributed by atoms with van der Waals surface area (Å²) in [6.07, 6.45) is 0. The van der Waals surface area contributed by atoms with Crippen molar-refractivity contribution in [2.45, 2.75) is 18.7 Å². The number of nitrogens with one attached hydrogen (secondary N) is 1. The van der Waals surface area contributed by atoms with Crippen LogP contribution in [0.1, 0.15) is 12.5 Å². The van der Waals surface area contributed by atoms with Crippen molar-refractivity contribution >= 4 is 38.1 Å². The van der Waals surface area contributed by atoms with Crippen molar-refractivity contribution in [2.75, 3.05) is 23.8 Å². The maximum Gasteiger partial charge on any atom is 0.240 e. The van der Waals surface area contributed by atoms with Gasteiger partial charge in [0, 0.05) is 39.6 Å². The fraction of sp³-hybridized carbons (Fsp3) is 0.455. The minimum absolute atomic E-state index is 0.0554. The van der Waals surface area contributed by atoms with Crippen LogP contribution in [0.2, 0.25) is 5.02 Å². The molecule has 0 radical (unpaired) electrons. The number of rotatable bonds is 6. The Kier molecular flexibility index (Phi) is 5.79. The SMILES string of the molecule is CCS(=O)CCNS(=O)(=O)c1cc(Cl)cc(N)c1C. The molecule has 0 heterocycles. The molecule has 0 aliphatic carbocycles. The van der Waals surface area contributed by atoms with Gasteiger partial charge in [-0.15, -0.1) is 0 Å². The lowest BCUT2D eigenvalue weighted by Crippen LogP contribution is -2.29. The third-order valence-electron chi connectivity index (χ3n) is 2.60. The molecule has 0 spiro atoms. The van der Waals surface area contributed by atoms with Crippen LogP contribution in [0, 0.1) is 6.92 Å². The van der Waals surface area contributed by atoms with Gasteiger partial charge in [0.1, 0.15) is 0 Å². The molecular formula is C11H17ClN2O3S2. The topological polar surface area (TPSA) is 89.3 Å². The molecule has 1 aromatic rings. The van der Waals surface area contributed by atoms with Crippen LogP contribution in [0.15, 0.2) is 17.0 Å². The third-order valence-corrected chi connectivity index (χ3v) is 5.71. The number of anilines is 1. The van der Waals surface area contributed by atoms with Gasteiger partial charge < -0.3 is 5.73 Å². The highest BCUT2D eigenvalue weighted by molar-refractivity contribution is 7.89. The molecule has 0 aliphatic rings. The Morgan fingerprint density at radius 1 is 1.42 bits per heavy atom. The highest BCUT2D eigenvalue weighted by atomic mass is 35.5. The molecule has 0 amide bonds. The van der Waals surface area contributed by atoms with E-state index in [2.05, 4.69) is 4.72 Å². The van der Waals surface area contributed by atoms with E-state index in [1.54, 1.807) is 13.8 Å². The zero-order chi connectivity index (χ0) is 14.6. The Hall–Kier alpha value is -0.630. The highest BCUT2D eigenvalue weighted by Crippen LogP contribution is 2.25. The first-order valence-corrected chi connectivity index (χ1v) is 9.03. The number of hydrogen-bond acceptors (Lipinski definition) is 4. The first kappa shape index (κ1) is 16.4. The second-order valence-electron chi connectivity index (χ2n) is 3.95. The molecule has 0 aromatic heterocycles. The van der Waals surface area contributed by atoms with Crippen molar-refractivity contribution in [3.63, 3.8) is 0 Å². The second kappa shape index (κ2) is 6.69. The van der Waals surface area contributed by atoms with E-state index >= 15 is 0 Å². The molecule has 0 fully saturated rings. The lowest BCUT2D eigenvalue weighted by Gasteiger charge is -2.11. The number of benzene rings is 1. The van der Waals surface area contributed by atoms with Crippen molar-refractivity contribution < 1.29 is 12.6 Å². The summed E-state index contributed by atoms with van der Waals surface area (Å²) in [5, 5.41) is 0.264. The molecule has 0 bridgehead atoms. The van der Waals surface area contributed by atoms with E-state index in [0.717, 1.165) is 0 Å². The summed E-state index contributed by atoms with van der Waals surface area (Å²) in [4.78, 5) is 0.0554. The van der Waals surface area contributed by atoms with Gasteiger partial charge >= 0.3 is 0 Å². The summed E-state index contributed by atoms with van der Waals surface area (Å²) in [6.45, 7) is 3.52. The van der Waals surface area contributed by atoms with E-state index in [1.165, 1.54) is 12.1 Å². The van der Waals surface area contributed by atoms with E-state index in [0.29, 0.717) is 17.0 Å². The maximum atomic E-state index is 12.1. The number of nitrogens with two attached hydrogens (primary N) is 1. The first-order valence-electron chi connectivity index (χ1n) is 5.68. The fourth-order valence-corrected chi connectivity index (χ4v) is 3.83. The Morgan fingerprint density at radius 2 is 2.05 bits per heavy atom. The Labute approximate surface area is 121 Å². The van der Waals surface area contributed by atoms with Gasteiger partial charge in [0.2, 0.25) is 10.0 Å². The number of halogens is 1. The second-order valence-corrected chi connectivity index (χ2v) is 7.99. The summed E-state index contributed by atoms with van der Waals surface area (Å²) >= 11 is 5.81. The summed E-state index contributed by atoms with van der Waals surface area (Å²) in [5.74, 6) is 0.787. The fourth-order valence-electron chi connectivity index (χ4n) is 1.47. The van der Waals surface area contributed by atoms with Gasteiger partial charge in [0.15, 0.2) is 0 Å². The lowest BCUT2D eigenvalue weighted by atomic mass is 10.2. The summed E-state index contributed by atoms with van der Waals surface area (Å²) in [5.41, 5.74) is 6.47. The van der Waals surface area contributed by atoms with Crippen LogP contribution in [0.5, 0.6) is 0 Å². The normalized spacial score (nSPS) is 13.4. The van der Waals surface area contributed by atoms with Crippen LogP contribution >= 0.6 is 11.6 Å². The average Bonchev–Trinajstić information content (AvgIpc) is 2.33. The van der Waals surface area contributed by atoms with Gasteiger partial charge in [-0.1, -0.05) is 18.5 Å². The van der Waals surface area contributed by atoms with Crippen molar-refractivity contribution in [3.05, 3.63) is 22.7 Å². The van der Waals surface area contributed by atoms with E-state index < -0.39 is 20.8 Å². The molecule has 1 aromatic carbocycles. The quantitative estimate of drug-likeness (QED) is 0.771. The molecule has 0 saturated heterocycles. The maximum absolute atomic E-state index is 12.1. The molecule has 1 atom stereocenters. The molecule has 108 valence electrons. The monoisotopic (exact) mass is 324 g/mol. The largest absolute Gasteiger partial charge is 0.398 e. The van der Waals surface area contributed by atoms with Crippen LogP contribution in [-0.4, -0.2) is 30.7 Å². The lowest BCUT2D eigenvalue weighted by molar-refractivity contribution is 0.583. The van der Waals surface area contributed by atoms with E-state index in [-0.39, 0.29) is 22.2 Å². The van der Waals surface area contributed by atoms with Crippen LogP contribution < -0.4 is 10.5 Å². The van der Waals surface area contributed by atoms with Crippen molar-refractivity contribution in [1.82, 2.24) is 4.72 Å². The highest BCUT2D eigenvalue weighted by Gasteiger charge is 2.18. The zero-order valence-electron chi connectivity index (χ0n) is 10.8. The third kappa shape index (κ3) is 4.45. The van der Waals surface area contributed by atoms with Crippen molar-refractivity contribution in [1.29, 1.82) is 0 Å². The van der Waals surface area contributed by atoms with E-state index in [4.69, 9.17) is 17.3 Å². The number of hydrogen-bond donors (Lipinski definition) is 2. The molecular weight excluding hydrogens is 308 g/mol. The van der Waals surface area contributed by atoms with Crippen LogP contribution in [-0.2, 0) is 20.8 Å². The standard InChI is InChI=1S/C11H17ClN2O3S2/c1-3-18(15)5-4-14-19(16,17)11-7-9(12)6-10(13)8(11)2/h6-7,14H,3-5,13H2,1-2H3. The first-order chi connectivity index (χ1) is 8.77. The predicted molar refractivity (Wildman–Crippen MR) is 79.3 cm³/mol. The molecule has 1 rings (SSSR count). The van der Waals surface area contributed by atoms with Gasteiger partial charge in [0.25, 0.3) is 0 Å². The molecule has 0 saturated carbocycles. The molecule has 8 heteroatoms. The number of nitrogen functional groups attached to an aromatic ring is 1. The smallest absolute Gasteiger partial charge is 0.240 e. The minimum atomic E-state index is -3.69. The molecule has 1 unspecified atom stereocenters. The van der Waals surface area contributed by atoms with Gasteiger partial charge in [-0.05, 0) is 24.6 Å². The minimum Gasteiger partial charge on any atom is -0.398 e. The van der Waals surface area contributed by atoms with Crippen LogP contribution in [0.3, 0.4) is 0 Å². The predicted octanol–water partition coefficient (Wildman–Crippen LogP) is 1.28. The molecule has 3 N–H and O–H groups in total. The van der Waals surface area contributed by atoms with Gasteiger partial charge in [-0.3, -0.25) is 4.21 Å². The van der Waals surface area contributed by atoms with Gasteiger partial charge in [-0.25, -0.2) is 13.1 Å². The molecule has 0 aliphatic heterocycles. The van der Waals surface area contributed by atoms with Crippen molar-refractivity contribution in [3.8, 4) is 0 Å². The van der Waals surface area contributed by atoms with Gasteiger partial charge in [0.05, 0.1) is 4.90 Å². The number of sulfonamides is 1. The Morgan fingerprint density at radius 3 is 2.63 bits per heavy atom. The zero-order valence-corrected chi connectivity index (χ0v) is 13.2. The van der Waals surface area contributed by atoms with E-state index in [1.807, 2.05) is 0 Å². The molecule has 5 nitrogen and oxygen atoms in total. The van der Waals surface area contributed by atoms with Crippen molar-refractivity contribution in [2.24, 2.45) is 0 Å². The van der Waals surface area contributed by atoms with E-state index in [9.17, 15) is 12.6 Å². The van der Waals surface area contributed by atoms with Crippen LogP contribution in [0.25, 0.3) is 0 Å². The Bertz CT molecular complexity index is 588. The van der Waals surface area contributed by atoms with Gasteiger partial charge in [-0.2, -0.15) is 0 Å². The van der Waals surface area contributed by atoms with Crippen LogP contribution in [0.4, 0.5) is 5.69 Å². The Balaban J connectivity index is 2.92. The molecule has 19 heavy (non-hydrogen) atoms. The summed E-state index contributed by atoms with van der Waals surface area (Å²) in [6, 6.07) is 2.86. The summed E-state index contributed by atoms with van der Waals surface area (Å²) < 4.78 is 37.9. The average molecular weight is 325 g/mol.